The fourth-order valence-corrected chi connectivity index (χ4v) is 18.0. The summed E-state index contributed by atoms with van der Waals surface area (Å²) in [4.78, 5) is 192. The molecule has 622 valence electrons. The molecule has 0 aromatic heterocycles. The first-order valence-corrected chi connectivity index (χ1v) is 39.4. The summed E-state index contributed by atoms with van der Waals surface area (Å²) in [5.74, 6) is -16.8. The minimum absolute atomic E-state index is 0.00607. The molecule has 4 saturated carbocycles. The molecule has 110 heavy (non-hydrogen) atoms. The van der Waals surface area contributed by atoms with E-state index < -0.39 is 235 Å². The zero-order chi connectivity index (χ0) is 82.0. The van der Waals surface area contributed by atoms with E-state index in [9.17, 15) is 55.1 Å². The molecule has 7 aliphatic rings. The molecule has 0 aromatic carbocycles. The third-order valence-electron chi connectivity index (χ3n) is 24.4. The molecular weight excluding hydrogens is 1450 g/mol. The Labute approximate surface area is 642 Å². The quantitative estimate of drug-likeness (QED) is 0.115. The van der Waals surface area contributed by atoms with E-state index in [2.05, 4.69) is 16.0 Å². The van der Waals surface area contributed by atoms with Crippen molar-refractivity contribution in [3.05, 3.63) is 12.2 Å². The summed E-state index contributed by atoms with van der Waals surface area (Å²) in [6.45, 7) is 8.83. The Morgan fingerprint density at radius 2 is 1.26 bits per heavy atom. The first-order valence-electron chi connectivity index (χ1n) is 39.4. The summed E-state index contributed by atoms with van der Waals surface area (Å²) in [5.41, 5.74) is -2.37. The van der Waals surface area contributed by atoms with Gasteiger partial charge in [-0.05, 0) is 139 Å². The fraction of sp³-hybridized carbons (Fsp3) is 0.818. The average molecular weight is 1570 g/mol. The number of ether oxygens (including phenoxy) is 1. The number of nitrogens with one attached hydrogen (secondary N) is 3. The number of hydrogen-bond donors (Lipinski definition) is 3. The second-order valence-electron chi connectivity index (χ2n) is 33.3. The number of amides is 12. The molecule has 2 unspecified atom stereocenters. The number of fused-ring (bicyclic) bond motifs is 3. The topological polar surface area (TPSA) is 279 Å². The molecule has 6 fully saturated rings. The lowest BCUT2D eigenvalue weighted by Crippen LogP contribution is -2.71. The maximum atomic E-state index is 15.8. The molecule has 3 heterocycles. The summed E-state index contributed by atoms with van der Waals surface area (Å²) >= 11 is 0. The number of unbranched alkanes of at least 4 members (excludes halogenated alkanes) is 1. The van der Waals surface area contributed by atoms with Crippen LogP contribution in [0.5, 0.6) is 0 Å². The van der Waals surface area contributed by atoms with Gasteiger partial charge in [-0.1, -0.05) is 78.9 Å². The zero-order valence-electron chi connectivity index (χ0n) is 66.6. The van der Waals surface area contributed by atoms with Gasteiger partial charge < -0.3 is 64.8 Å². The minimum Gasteiger partial charge on any atom is -0.377 e. The van der Waals surface area contributed by atoms with Crippen LogP contribution >= 0.6 is 0 Å². The van der Waals surface area contributed by atoms with Crippen molar-refractivity contribution in [2.75, 3.05) is 89.2 Å². The van der Waals surface area contributed by atoms with E-state index in [4.69, 9.17) is 4.74 Å². The Morgan fingerprint density at radius 3 is 1.83 bits per heavy atom. The molecular formula is C77H120F8N12O13. The minimum atomic E-state index is -5.22. The fourth-order valence-electron chi connectivity index (χ4n) is 18.0. The smallest absolute Gasteiger partial charge is 0.377 e. The van der Waals surface area contributed by atoms with Crippen molar-refractivity contribution >= 4 is 70.9 Å². The predicted octanol–water partition coefficient (Wildman–Crippen LogP) is 7.13. The molecule has 33 heteroatoms. The van der Waals surface area contributed by atoms with Gasteiger partial charge in [0.2, 0.25) is 70.9 Å². The Morgan fingerprint density at radius 1 is 0.645 bits per heavy atom. The highest BCUT2D eigenvalue weighted by Gasteiger charge is 2.60. The van der Waals surface area contributed by atoms with Gasteiger partial charge in [0, 0.05) is 82.5 Å². The molecule has 0 aromatic rings. The van der Waals surface area contributed by atoms with E-state index in [1.54, 1.807) is 32.9 Å². The third kappa shape index (κ3) is 21.8. The maximum absolute atomic E-state index is 15.8. The van der Waals surface area contributed by atoms with E-state index in [-0.39, 0.29) is 96.7 Å². The molecule has 3 N–H and O–H groups in total. The summed E-state index contributed by atoms with van der Waals surface area (Å²) in [6, 6.07) is -11.4. The maximum Gasteiger partial charge on any atom is 0.397 e. The van der Waals surface area contributed by atoms with Crippen molar-refractivity contribution in [3.63, 3.8) is 0 Å². The van der Waals surface area contributed by atoms with Crippen molar-refractivity contribution in [1.29, 1.82) is 0 Å². The van der Waals surface area contributed by atoms with E-state index in [0.29, 0.717) is 44.9 Å². The van der Waals surface area contributed by atoms with Crippen LogP contribution in [-0.2, 0) is 62.3 Å². The number of alkyl halides is 8. The highest BCUT2D eigenvalue weighted by Crippen LogP contribution is 2.50. The normalized spacial score (nSPS) is 32.1. The van der Waals surface area contributed by atoms with E-state index >= 15 is 37.5 Å². The monoisotopic (exact) mass is 1570 g/mol. The van der Waals surface area contributed by atoms with Crippen LogP contribution < -0.4 is 16.0 Å². The summed E-state index contributed by atoms with van der Waals surface area (Å²) in [5, 5.41) is 8.48. The number of likely N-dealkylation sites (N-methyl/N-ethyl adjacent to an activating group) is 7. The van der Waals surface area contributed by atoms with Gasteiger partial charge in [0.15, 0.2) is 0 Å². The van der Waals surface area contributed by atoms with E-state index in [1.807, 2.05) is 20.8 Å². The first-order chi connectivity index (χ1) is 51.4. The molecule has 4 aliphatic carbocycles. The SMILES string of the molecule is CCCC[C@H]1C(=O)N[C@@H]([C@@H](C)CC)C(=O)N(C)CC(=O)N(C)[C@H]2C/C=C\CCN(C2=O)[C@@H](CC2CCC(C(F)(F)F)CC2)C(=O)N(C)CC(=O)N[C@@H](CCC2CC(F)C(C(F)(F)F)C(F)C2)C(=O)N2C[C@H](OCC)C[C@H]2C(=O)NC2(CC(C)(C)C2)C(=O)N(C)[C@@H](C2CCCC2)C(=O)N(C)[C@H](C(=O)N(C)C)CC(=O)N1C. The molecule has 7 rings (SSSR count). The van der Waals surface area contributed by atoms with Crippen LogP contribution in [-0.4, -0.2) is 289 Å². The van der Waals surface area contributed by atoms with Gasteiger partial charge in [0.25, 0.3) is 0 Å². The van der Waals surface area contributed by atoms with Crippen molar-refractivity contribution in [1.82, 2.24) is 60.0 Å². The summed E-state index contributed by atoms with van der Waals surface area (Å²) in [6.07, 6.45) is -12.8. The second kappa shape index (κ2) is 38.1. The van der Waals surface area contributed by atoms with Crippen LogP contribution in [0, 0.1) is 40.9 Å². The highest BCUT2D eigenvalue weighted by atomic mass is 19.4. The van der Waals surface area contributed by atoms with Gasteiger partial charge in [0.1, 0.15) is 72.1 Å². The van der Waals surface area contributed by atoms with E-state index in [1.165, 1.54) is 76.0 Å². The lowest BCUT2D eigenvalue weighted by Gasteiger charge is -2.54. The molecule has 12 amide bonds. The van der Waals surface area contributed by atoms with Crippen molar-refractivity contribution < 1.29 is 97.4 Å². The van der Waals surface area contributed by atoms with Crippen LogP contribution in [0.4, 0.5) is 35.1 Å². The molecule has 25 nitrogen and oxygen atoms in total. The lowest BCUT2D eigenvalue weighted by atomic mass is 9.58. The first kappa shape index (κ1) is 90.0. The van der Waals surface area contributed by atoms with Gasteiger partial charge >= 0.3 is 12.4 Å². The molecule has 2 saturated heterocycles. The van der Waals surface area contributed by atoms with Gasteiger partial charge in [-0.3, -0.25) is 57.5 Å². The largest absolute Gasteiger partial charge is 0.397 e. The lowest BCUT2D eigenvalue weighted by molar-refractivity contribution is -0.219. The van der Waals surface area contributed by atoms with Gasteiger partial charge in [-0.15, -0.1) is 0 Å². The van der Waals surface area contributed by atoms with Crippen LogP contribution in [0.1, 0.15) is 189 Å². The number of carbonyl (C=O) groups is 12. The summed E-state index contributed by atoms with van der Waals surface area (Å²) < 4.78 is 122. The standard InChI is InChI=1S/C77H120F8N12O13/c1-15-18-26-54-65(101)87-63(45(4)16-2)71(107)91(10)42-61(100)93(12)55-27-20-19-23-34-96(70(55)106)58(37-46-28-31-49(32-29-46)76(80,81)82)69(105)90(9)41-59(98)86-53(33-30-47-35-51(78)62(52(79)36-47)77(83,84)85)67(103)97-40-50(110-17-3)38-56(97)66(102)88-75(43-74(5,6)44-75)73(109)95(14)64(48-24-21-22-25-48)72(108)94(13)57(68(104)89(7)8)39-60(99)92(54)11/h19-20,45-58,62-64H,15-18,21-44H2,1-14H3,(H,86,98)(H,87,101)(H,88,102)/b20-19-/t45-,46?,47?,49?,50+,51?,52?,53-,54-,55-,56-,57-,58-,62?,63-,64-/m0/s1. The van der Waals surface area contributed by atoms with E-state index in [0.717, 1.165) is 24.5 Å². The van der Waals surface area contributed by atoms with Gasteiger partial charge in [-0.25, -0.2) is 8.78 Å². The van der Waals surface area contributed by atoms with Crippen LogP contribution in [0.15, 0.2) is 12.2 Å². The molecule has 0 radical (unpaired) electrons. The third-order valence-corrected chi connectivity index (χ3v) is 24.4. The second-order valence-corrected chi connectivity index (χ2v) is 33.3. The van der Waals surface area contributed by atoms with Crippen LogP contribution in [0.25, 0.3) is 0 Å². The Hall–Kier alpha value is -7.22. The molecule has 1 spiro atoms. The van der Waals surface area contributed by atoms with Gasteiger partial charge in [0.05, 0.1) is 31.5 Å². The average Bonchev–Trinajstić information content (AvgIpc) is 0.968. The number of nitrogens with zero attached hydrogens (tertiary/aromatic N) is 9. The van der Waals surface area contributed by atoms with Crippen molar-refractivity contribution in [2.24, 2.45) is 40.9 Å². The predicted molar refractivity (Wildman–Crippen MR) is 390 cm³/mol. The number of halogens is 8. The van der Waals surface area contributed by atoms with Gasteiger partial charge in [-0.2, -0.15) is 26.3 Å². The Balaban J connectivity index is 1.34. The van der Waals surface area contributed by atoms with Crippen LogP contribution in [0.3, 0.4) is 0 Å². The highest BCUT2D eigenvalue weighted by molar-refractivity contribution is 6.01. The molecule has 12 atom stereocenters. The van der Waals surface area contributed by atoms with Crippen LogP contribution in [0.2, 0.25) is 0 Å². The van der Waals surface area contributed by atoms with Crippen molar-refractivity contribution in [2.45, 2.75) is 274 Å². The Kier molecular flexibility index (Phi) is 31.1. The number of rotatable bonds is 14. The van der Waals surface area contributed by atoms with Crippen molar-refractivity contribution in [3.8, 4) is 0 Å². The number of carbonyl (C=O) groups excluding carboxylic acids is 12. The zero-order valence-corrected chi connectivity index (χ0v) is 66.6. The summed E-state index contributed by atoms with van der Waals surface area (Å²) in [7, 11) is 10.9. The molecule has 3 aliphatic heterocycles. The molecule has 2 bridgehead atoms. The Bertz CT molecular complexity index is 3290. The number of hydrogen-bond acceptors (Lipinski definition) is 13.